The van der Waals surface area contributed by atoms with E-state index in [2.05, 4.69) is 23.8 Å². The van der Waals surface area contributed by atoms with Crippen LogP contribution in [-0.4, -0.2) is 21.7 Å². The first-order chi connectivity index (χ1) is 8.07. The van der Waals surface area contributed by atoms with Crippen LogP contribution in [0.25, 0.3) is 0 Å². The van der Waals surface area contributed by atoms with E-state index in [1.54, 1.807) is 6.20 Å². The standard InChI is InChI=1S/C13H20N2O2/c1-9(2)11-10(8-16)7-14-12(15-11)13(3)5-4-6-17-13/h7,9,16H,4-6,8H2,1-3H3. The van der Waals surface area contributed by atoms with Crippen molar-refractivity contribution in [2.45, 2.75) is 51.7 Å². The van der Waals surface area contributed by atoms with Gasteiger partial charge in [-0.2, -0.15) is 0 Å². The van der Waals surface area contributed by atoms with Gasteiger partial charge in [0.2, 0.25) is 0 Å². The highest BCUT2D eigenvalue weighted by molar-refractivity contribution is 5.21. The van der Waals surface area contributed by atoms with E-state index in [1.807, 2.05) is 6.92 Å². The second-order valence-corrected chi connectivity index (χ2v) is 5.10. The summed E-state index contributed by atoms with van der Waals surface area (Å²) in [7, 11) is 0. The Hall–Kier alpha value is -1.00. The molecule has 4 nitrogen and oxygen atoms in total. The summed E-state index contributed by atoms with van der Waals surface area (Å²) in [6.07, 6.45) is 3.74. The predicted octanol–water partition coefficient (Wildman–Crippen LogP) is 2.12. The lowest BCUT2D eigenvalue weighted by Crippen LogP contribution is -2.24. The maximum Gasteiger partial charge on any atom is 0.160 e. The zero-order valence-electron chi connectivity index (χ0n) is 10.7. The summed E-state index contributed by atoms with van der Waals surface area (Å²) >= 11 is 0. The first-order valence-corrected chi connectivity index (χ1v) is 6.18. The average Bonchev–Trinajstić information content (AvgIpc) is 2.76. The summed E-state index contributed by atoms with van der Waals surface area (Å²) < 4.78 is 5.75. The Morgan fingerprint density at radius 2 is 2.29 bits per heavy atom. The van der Waals surface area contributed by atoms with Crippen LogP contribution in [0.1, 0.15) is 56.6 Å². The number of ether oxygens (including phenoxy) is 1. The smallest absolute Gasteiger partial charge is 0.160 e. The highest BCUT2D eigenvalue weighted by atomic mass is 16.5. The van der Waals surface area contributed by atoms with Crippen molar-refractivity contribution in [3.8, 4) is 0 Å². The Labute approximate surface area is 102 Å². The van der Waals surface area contributed by atoms with Crippen LogP contribution in [0.5, 0.6) is 0 Å². The lowest BCUT2D eigenvalue weighted by Gasteiger charge is -2.23. The second kappa shape index (κ2) is 4.70. The number of hydrogen-bond acceptors (Lipinski definition) is 4. The molecule has 1 aromatic rings. The molecule has 0 radical (unpaired) electrons. The molecule has 1 aliphatic rings. The van der Waals surface area contributed by atoms with Gasteiger partial charge in [0.1, 0.15) is 5.60 Å². The van der Waals surface area contributed by atoms with Gasteiger partial charge in [0.15, 0.2) is 5.82 Å². The molecule has 1 saturated heterocycles. The third kappa shape index (κ3) is 2.33. The van der Waals surface area contributed by atoms with Crippen molar-refractivity contribution < 1.29 is 9.84 Å². The van der Waals surface area contributed by atoms with Crippen LogP contribution in [-0.2, 0) is 16.9 Å². The fraction of sp³-hybridized carbons (Fsp3) is 0.692. The van der Waals surface area contributed by atoms with Gasteiger partial charge in [-0.25, -0.2) is 9.97 Å². The van der Waals surface area contributed by atoms with Crippen molar-refractivity contribution in [2.75, 3.05) is 6.61 Å². The van der Waals surface area contributed by atoms with Crippen molar-refractivity contribution in [1.82, 2.24) is 9.97 Å². The zero-order chi connectivity index (χ0) is 12.5. The molecule has 1 atom stereocenters. The molecule has 1 aromatic heterocycles. The minimum atomic E-state index is -0.350. The number of nitrogens with zero attached hydrogens (tertiary/aromatic N) is 2. The molecule has 0 spiro atoms. The molecule has 1 unspecified atom stereocenters. The topological polar surface area (TPSA) is 55.2 Å². The van der Waals surface area contributed by atoms with E-state index < -0.39 is 0 Å². The van der Waals surface area contributed by atoms with Gasteiger partial charge in [-0.15, -0.1) is 0 Å². The predicted molar refractivity (Wildman–Crippen MR) is 64.6 cm³/mol. The van der Waals surface area contributed by atoms with Crippen LogP contribution in [0.15, 0.2) is 6.20 Å². The number of aliphatic hydroxyl groups is 1. The van der Waals surface area contributed by atoms with Gasteiger partial charge in [-0.3, -0.25) is 0 Å². The summed E-state index contributed by atoms with van der Waals surface area (Å²) in [5, 5.41) is 9.28. The molecule has 2 heterocycles. The minimum Gasteiger partial charge on any atom is -0.392 e. The Morgan fingerprint density at radius 3 is 2.82 bits per heavy atom. The first-order valence-electron chi connectivity index (χ1n) is 6.18. The normalized spacial score (nSPS) is 24.5. The lowest BCUT2D eigenvalue weighted by atomic mass is 10.00. The Balaban J connectivity index is 2.40. The third-order valence-electron chi connectivity index (χ3n) is 3.31. The summed E-state index contributed by atoms with van der Waals surface area (Å²) in [4.78, 5) is 8.95. The van der Waals surface area contributed by atoms with Crippen molar-refractivity contribution in [1.29, 1.82) is 0 Å². The summed E-state index contributed by atoms with van der Waals surface area (Å²) in [6.45, 7) is 6.95. The quantitative estimate of drug-likeness (QED) is 0.873. The molecule has 0 aliphatic carbocycles. The van der Waals surface area contributed by atoms with Crippen LogP contribution < -0.4 is 0 Å². The zero-order valence-corrected chi connectivity index (χ0v) is 10.7. The SMILES string of the molecule is CC(C)c1nc(C2(C)CCCO2)ncc1CO. The van der Waals surface area contributed by atoms with E-state index in [1.165, 1.54) is 0 Å². The molecule has 4 heteroatoms. The van der Waals surface area contributed by atoms with Crippen LogP contribution in [0.4, 0.5) is 0 Å². The molecule has 2 rings (SSSR count). The van der Waals surface area contributed by atoms with Crippen molar-refractivity contribution in [2.24, 2.45) is 0 Å². The number of rotatable bonds is 3. The molecule has 1 fully saturated rings. The summed E-state index contributed by atoms with van der Waals surface area (Å²) in [5.74, 6) is 1.03. The summed E-state index contributed by atoms with van der Waals surface area (Å²) in [5.41, 5.74) is 1.39. The van der Waals surface area contributed by atoms with Crippen molar-refractivity contribution >= 4 is 0 Å². The average molecular weight is 236 g/mol. The molecule has 0 bridgehead atoms. The summed E-state index contributed by atoms with van der Waals surface area (Å²) in [6, 6.07) is 0. The minimum absolute atomic E-state index is 0.00857. The molecular formula is C13H20N2O2. The van der Waals surface area contributed by atoms with E-state index in [0.29, 0.717) is 0 Å². The molecule has 17 heavy (non-hydrogen) atoms. The lowest BCUT2D eigenvalue weighted by molar-refractivity contribution is 0.00900. The van der Waals surface area contributed by atoms with Crippen LogP contribution in [0.2, 0.25) is 0 Å². The molecule has 1 N–H and O–H groups in total. The Kier molecular flexibility index (Phi) is 3.45. The van der Waals surface area contributed by atoms with E-state index in [0.717, 1.165) is 36.5 Å². The third-order valence-corrected chi connectivity index (χ3v) is 3.31. The van der Waals surface area contributed by atoms with E-state index in [-0.39, 0.29) is 18.1 Å². The molecule has 0 aromatic carbocycles. The second-order valence-electron chi connectivity index (χ2n) is 5.10. The highest BCUT2D eigenvalue weighted by Gasteiger charge is 2.35. The van der Waals surface area contributed by atoms with Gasteiger partial charge in [-0.05, 0) is 25.7 Å². The fourth-order valence-corrected chi connectivity index (χ4v) is 2.25. The molecular weight excluding hydrogens is 216 g/mol. The fourth-order valence-electron chi connectivity index (χ4n) is 2.25. The van der Waals surface area contributed by atoms with Crippen LogP contribution in [0.3, 0.4) is 0 Å². The van der Waals surface area contributed by atoms with Gasteiger partial charge < -0.3 is 9.84 Å². The van der Waals surface area contributed by atoms with Crippen LogP contribution >= 0.6 is 0 Å². The molecule has 94 valence electrons. The van der Waals surface area contributed by atoms with Gasteiger partial charge in [0.25, 0.3) is 0 Å². The van der Waals surface area contributed by atoms with Gasteiger partial charge in [0.05, 0.1) is 12.3 Å². The number of aromatic nitrogens is 2. The highest BCUT2D eigenvalue weighted by Crippen LogP contribution is 2.34. The molecule has 0 saturated carbocycles. The molecule has 1 aliphatic heterocycles. The Bertz CT molecular complexity index is 398. The Morgan fingerprint density at radius 1 is 1.53 bits per heavy atom. The van der Waals surface area contributed by atoms with E-state index >= 15 is 0 Å². The molecule has 0 amide bonds. The van der Waals surface area contributed by atoms with Gasteiger partial charge in [0, 0.05) is 18.4 Å². The first kappa shape index (κ1) is 12.5. The maximum atomic E-state index is 9.28. The van der Waals surface area contributed by atoms with Crippen LogP contribution in [0, 0.1) is 0 Å². The van der Waals surface area contributed by atoms with Gasteiger partial charge >= 0.3 is 0 Å². The van der Waals surface area contributed by atoms with E-state index in [4.69, 9.17) is 4.74 Å². The maximum absolute atomic E-state index is 9.28. The van der Waals surface area contributed by atoms with E-state index in [9.17, 15) is 5.11 Å². The number of hydrogen-bond donors (Lipinski definition) is 1. The van der Waals surface area contributed by atoms with Crippen molar-refractivity contribution in [3.05, 3.63) is 23.3 Å². The van der Waals surface area contributed by atoms with Gasteiger partial charge in [-0.1, -0.05) is 13.8 Å². The number of aliphatic hydroxyl groups excluding tert-OH is 1. The van der Waals surface area contributed by atoms with Crippen molar-refractivity contribution in [3.63, 3.8) is 0 Å². The largest absolute Gasteiger partial charge is 0.392 e. The monoisotopic (exact) mass is 236 g/mol.